The number of benzene rings is 1. The minimum absolute atomic E-state index is 0.0750. The lowest BCUT2D eigenvalue weighted by Crippen LogP contribution is -2.27. The molecule has 18 heavy (non-hydrogen) atoms. The van der Waals surface area contributed by atoms with Crippen LogP contribution in [0.2, 0.25) is 0 Å². The quantitative estimate of drug-likeness (QED) is 0.815. The maximum Gasteiger partial charge on any atom is 0.337 e. The Bertz CT molecular complexity index is 717. The average Bonchev–Trinajstić information content (AvgIpc) is 2.78. The van der Waals surface area contributed by atoms with Crippen LogP contribution in [0.4, 0.5) is 0 Å². The average molecular weight is 245 g/mol. The van der Waals surface area contributed by atoms with Crippen molar-refractivity contribution in [1.29, 1.82) is 0 Å². The van der Waals surface area contributed by atoms with E-state index in [0.717, 1.165) is 22.9 Å². The molecule has 0 bridgehead atoms. The summed E-state index contributed by atoms with van der Waals surface area (Å²) in [5.41, 5.74) is 1.45. The molecule has 5 nitrogen and oxygen atoms in total. The van der Waals surface area contributed by atoms with E-state index in [4.69, 9.17) is 5.11 Å². The third kappa shape index (κ3) is 1.37. The van der Waals surface area contributed by atoms with Crippen LogP contribution in [0.25, 0.3) is 10.9 Å². The van der Waals surface area contributed by atoms with E-state index in [9.17, 15) is 14.7 Å². The molecule has 92 valence electrons. The molecule has 0 amide bonds. The summed E-state index contributed by atoms with van der Waals surface area (Å²) in [5, 5.41) is 19.2. The molecule has 5 heteroatoms. The Morgan fingerprint density at radius 1 is 1.39 bits per heavy atom. The lowest BCUT2D eigenvalue weighted by Gasteiger charge is -2.10. The zero-order valence-corrected chi connectivity index (χ0v) is 9.46. The highest BCUT2D eigenvalue weighted by Gasteiger charge is 2.24. The van der Waals surface area contributed by atoms with E-state index in [1.807, 2.05) is 18.2 Å². The predicted octanol–water partition coefficient (Wildman–Crippen LogP) is 0.676. The van der Waals surface area contributed by atoms with Gasteiger partial charge in [-0.05, 0) is 23.4 Å². The normalized spacial score (nSPS) is 14.9. The summed E-state index contributed by atoms with van der Waals surface area (Å²) in [7, 11) is 0. The number of aliphatic hydroxyl groups is 1. The molecule has 0 aliphatic carbocycles. The number of para-hydroxylation sites is 1. The smallest absolute Gasteiger partial charge is 0.337 e. The maximum absolute atomic E-state index is 12.1. The standard InChI is InChI=1S/C13H11NO4/c15-11(13(17)18)9-6-8-3-1-2-7-4-5-14(10(7)8)12(9)16/h1-3,6,11,15H,4-5H2,(H,17,18)/t11-/m1/s1. The van der Waals surface area contributed by atoms with E-state index in [2.05, 4.69) is 0 Å². The largest absolute Gasteiger partial charge is 0.479 e. The van der Waals surface area contributed by atoms with E-state index in [1.54, 1.807) is 4.57 Å². The molecule has 1 aliphatic heterocycles. The van der Waals surface area contributed by atoms with Crippen LogP contribution in [0.15, 0.2) is 29.1 Å². The SMILES string of the molecule is O=C(O)[C@H](O)c1cc2cccc3c2n(c1=O)CC3. The minimum atomic E-state index is -1.77. The molecule has 2 heterocycles. The number of aromatic nitrogens is 1. The van der Waals surface area contributed by atoms with Crippen LogP contribution in [0.5, 0.6) is 0 Å². The summed E-state index contributed by atoms with van der Waals surface area (Å²) in [4.78, 5) is 22.9. The van der Waals surface area contributed by atoms with Gasteiger partial charge in [0, 0.05) is 6.54 Å². The van der Waals surface area contributed by atoms with Gasteiger partial charge >= 0.3 is 5.97 Å². The summed E-state index contributed by atoms with van der Waals surface area (Å²) >= 11 is 0. The Morgan fingerprint density at radius 3 is 2.89 bits per heavy atom. The van der Waals surface area contributed by atoms with E-state index in [0.29, 0.717) is 6.54 Å². The van der Waals surface area contributed by atoms with Crippen LogP contribution >= 0.6 is 0 Å². The number of hydrogen-bond acceptors (Lipinski definition) is 3. The zero-order chi connectivity index (χ0) is 12.9. The van der Waals surface area contributed by atoms with Gasteiger partial charge in [0.05, 0.1) is 11.1 Å². The molecule has 1 aromatic carbocycles. The number of carbonyl (C=O) groups is 1. The number of rotatable bonds is 2. The Balaban J connectivity index is 2.36. The van der Waals surface area contributed by atoms with Gasteiger partial charge in [0.25, 0.3) is 5.56 Å². The fourth-order valence-electron chi connectivity index (χ4n) is 2.52. The molecular formula is C13H11NO4. The van der Waals surface area contributed by atoms with Crippen LogP contribution in [0.1, 0.15) is 17.2 Å². The second kappa shape index (κ2) is 3.68. The lowest BCUT2D eigenvalue weighted by atomic mass is 10.1. The van der Waals surface area contributed by atoms with Gasteiger partial charge in [-0.15, -0.1) is 0 Å². The molecule has 3 rings (SSSR count). The van der Waals surface area contributed by atoms with Crippen LogP contribution in [0.3, 0.4) is 0 Å². The summed E-state index contributed by atoms with van der Waals surface area (Å²) in [6.45, 7) is 0.537. The molecule has 1 aromatic heterocycles. The fraction of sp³-hybridized carbons (Fsp3) is 0.231. The van der Waals surface area contributed by atoms with Crippen LogP contribution in [0, 0.1) is 0 Å². The first-order valence-corrected chi connectivity index (χ1v) is 5.66. The summed E-state index contributed by atoms with van der Waals surface area (Å²) in [5.74, 6) is -1.41. The van der Waals surface area contributed by atoms with E-state index >= 15 is 0 Å². The zero-order valence-electron chi connectivity index (χ0n) is 9.46. The molecule has 0 saturated carbocycles. The fourth-order valence-corrected chi connectivity index (χ4v) is 2.52. The second-order valence-corrected chi connectivity index (χ2v) is 4.40. The molecule has 2 N–H and O–H groups in total. The number of pyridine rings is 1. The number of nitrogens with zero attached hydrogens (tertiary/aromatic N) is 1. The van der Waals surface area contributed by atoms with Crippen LogP contribution in [-0.2, 0) is 17.8 Å². The van der Waals surface area contributed by atoms with E-state index < -0.39 is 17.6 Å². The summed E-state index contributed by atoms with van der Waals surface area (Å²) in [6, 6.07) is 7.12. The number of carboxylic acid groups (broad SMARTS) is 1. The van der Waals surface area contributed by atoms with E-state index in [-0.39, 0.29) is 5.56 Å². The minimum Gasteiger partial charge on any atom is -0.479 e. The highest BCUT2D eigenvalue weighted by atomic mass is 16.4. The number of aliphatic carboxylic acids is 1. The molecule has 0 spiro atoms. The van der Waals surface area contributed by atoms with Gasteiger partial charge in [0.2, 0.25) is 0 Å². The van der Waals surface area contributed by atoms with Gasteiger partial charge in [-0.3, -0.25) is 4.79 Å². The molecule has 1 aliphatic rings. The van der Waals surface area contributed by atoms with Crippen molar-refractivity contribution in [2.24, 2.45) is 0 Å². The van der Waals surface area contributed by atoms with Crippen molar-refractivity contribution in [2.45, 2.75) is 19.1 Å². The van der Waals surface area contributed by atoms with Gasteiger partial charge in [0.15, 0.2) is 6.10 Å². The van der Waals surface area contributed by atoms with Crippen LogP contribution in [-0.4, -0.2) is 20.7 Å². The topological polar surface area (TPSA) is 79.5 Å². The first-order valence-electron chi connectivity index (χ1n) is 5.66. The van der Waals surface area contributed by atoms with Gasteiger partial charge in [0.1, 0.15) is 0 Å². The summed E-state index contributed by atoms with van der Waals surface area (Å²) in [6.07, 6.45) is -1.01. The van der Waals surface area contributed by atoms with Gasteiger partial charge in [-0.2, -0.15) is 0 Å². The van der Waals surface area contributed by atoms with Crippen molar-refractivity contribution in [3.05, 3.63) is 45.7 Å². The highest BCUT2D eigenvalue weighted by molar-refractivity contribution is 5.85. The highest BCUT2D eigenvalue weighted by Crippen LogP contribution is 2.25. The Hall–Kier alpha value is -2.14. The van der Waals surface area contributed by atoms with Crippen molar-refractivity contribution >= 4 is 16.9 Å². The first-order chi connectivity index (χ1) is 8.59. The Morgan fingerprint density at radius 2 is 2.17 bits per heavy atom. The Labute approximate surface area is 102 Å². The molecule has 1 atom stereocenters. The van der Waals surface area contributed by atoms with Crippen molar-refractivity contribution in [3.8, 4) is 0 Å². The lowest BCUT2D eigenvalue weighted by molar-refractivity contribution is -0.147. The molecular weight excluding hydrogens is 234 g/mol. The van der Waals surface area contributed by atoms with Crippen molar-refractivity contribution < 1.29 is 15.0 Å². The van der Waals surface area contributed by atoms with Gasteiger partial charge < -0.3 is 14.8 Å². The number of hydrogen-bond donors (Lipinski definition) is 2. The molecule has 0 radical (unpaired) electrons. The van der Waals surface area contributed by atoms with Crippen molar-refractivity contribution in [3.63, 3.8) is 0 Å². The van der Waals surface area contributed by atoms with Crippen LogP contribution < -0.4 is 5.56 Å². The number of carboxylic acids is 1. The van der Waals surface area contributed by atoms with Gasteiger partial charge in [-0.25, -0.2) is 4.79 Å². The summed E-state index contributed by atoms with van der Waals surface area (Å²) < 4.78 is 1.55. The predicted molar refractivity (Wildman–Crippen MR) is 64.5 cm³/mol. The number of aryl methyl sites for hydroxylation is 2. The second-order valence-electron chi connectivity index (χ2n) is 4.40. The number of aliphatic hydroxyl groups excluding tert-OH is 1. The molecule has 2 aromatic rings. The third-order valence-electron chi connectivity index (χ3n) is 3.36. The van der Waals surface area contributed by atoms with Crippen molar-refractivity contribution in [2.75, 3.05) is 0 Å². The first kappa shape index (κ1) is 11.0. The molecule has 0 saturated heterocycles. The molecule has 0 fully saturated rings. The molecule has 0 unspecified atom stereocenters. The van der Waals surface area contributed by atoms with Crippen molar-refractivity contribution in [1.82, 2.24) is 4.57 Å². The van der Waals surface area contributed by atoms with E-state index in [1.165, 1.54) is 6.07 Å². The Kier molecular flexibility index (Phi) is 2.24. The third-order valence-corrected chi connectivity index (χ3v) is 3.36. The maximum atomic E-state index is 12.1. The monoisotopic (exact) mass is 245 g/mol. The van der Waals surface area contributed by atoms with Gasteiger partial charge in [-0.1, -0.05) is 18.2 Å².